The number of piperidine rings is 1. The van der Waals surface area contributed by atoms with Gasteiger partial charge >= 0.3 is 18.0 Å². The van der Waals surface area contributed by atoms with Crippen LogP contribution in [0.15, 0.2) is 0 Å². The number of ether oxygens (including phenoxy) is 3. The lowest BCUT2D eigenvalue weighted by molar-refractivity contribution is -0.172. The van der Waals surface area contributed by atoms with Gasteiger partial charge in [-0.05, 0) is 47.5 Å². The number of hydrogen-bond acceptors (Lipinski definition) is 7. The zero-order valence-electron chi connectivity index (χ0n) is 15.9. The summed E-state index contributed by atoms with van der Waals surface area (Å²) in [6.45, 7) is 8.48. The van der Waals surface area contributed by atoms with E-state index in [-0.39, 0.29) is 24.9 Å². The van der Waals surface area contributed by atoms with Crippen molar-refractivity contribution >= 4 is 23.8 Å². The molecule has 2 saturated heterocycles. The van der Waals surface area contributed by atoms with E-state index in [4.69, 9.17) is 14.2 Å². The molecular weight excluding hydrogens is 342 g/mol. The van der Waals surface area contributed by atoms with Crippen LogP contribution in [-0.4, -0.2) is 59.1 Å². The molecule has 0 saturated carbocycles. The first-order valence-corrected chi connectivity index (χ1v) is 8.96. The molecule has 26 heavy (non-hydrogen) atoms. The predicted octanol–water partition coefficient (Wildman–Crippen LogP) is 1.84. The average molecular weight is 369 g/mol. The van der Waals surface area contributed by atoms with Crippen LogP contribution in [-0.2, 0) is 28.6 Å². The Kier molecular flexibility index (Phi) is 5.93. The Morgan fingerprint density at radius 3 is 2.46 bits per heavy atom. The largest absolute Gasteiger partial charge is 0.463 e. The number of fused-ring (bicyclic) bond motifs is 2. The Morgan fingerprint density at radius 1 is 1.23 bits per heavy atom. The summed E-state index contributed by atoms with van der Waals surface area (Å²) in [7, 11) is 0. The standard InChI is InChI=1S/C18H27NO7/c1-6-24-15(21)10(2)25-16(22)14-12-8-7-11(9-13(14)20)19(12)17(23)26-18(3,4)5/h10-12,14H,6-9H2,1-5H3/t10-,11-,12+,14?/m0/s1. The molecule has 0 aromatic rings. The molecule has 1 unspecified atom stereocenters. The van der Waals surface area contributed by atoms with E-state index in [1.54, 1.807) is 27.7 Å². The van der Waals surface area contributed by atoms with Crippen molar-refractivity contribution < 1.29 is 33.4 Å². The summed E-state index contributed by atoms with van der Waals surface area (Å²) in [5, 5.41) is 0. The minimum absolute atomic E-state index is 0.0866. The van der Waals surface area contributed by atoms with E-state index in [9.17, 15) is 19.2 Å². The maximum Gasteiger partial charge on any atom is 0.410 e. The van der Waals surface area contributed by atoms with E-state index < -0.39 is 41.7 Å². The molecule has 2 fully saturated rings. The van der Waals surface area contributed by atoms with Crippen molar-refractivity contribution in [2.45, 2.75) is 77.7 Å². The molecule has 0 aromatic carbocycles. The molecule has 8 nitrogen and oxygen atoms in total. The number of rotatable bonds is 4. The van der Waals surface area contributed by atoms with Crippen molar-refractivity contribution in [2.75, 3.05) is 6.61 Å². The van der Waals surface area contributed by atoms with Crippen LogP contribution in [0, 0.1) is 5.92 Å². The van der Waals surface area contributed by atoms with Gasteiger partial charge in [-0.15, -0.1) is 0 Å². The van der Waals surface area contributed by atoms with Crippen LogP contribution in [0.3, 0.4) is 0 Å². The van der Waals surface area contributed by atoms with Crippen molar-refractivity contribution in [3.63, 3.8) is 0 Å². The van der Waals surface area contributed by atoms with E-state index >= 15 is 0 Å². The van der Waals surface area contributed by atoms with Crippen LogP contribution in [0.4, 0.5) is 4.79 Å². The molecule has 2 bridgehead atoms. The Balaban J connectivity index is 2.13. The Labute approximate surface area is 153 Å². The third kappa shape index (κ3) is 4.34. The molecule has 0 radical (unpaired) electrons. The minimum atomic E-state index is -1.11. The number of hydrogen-bond donors (Lipinski definition) is 0. The topological polar surface area (TPSA) is 99.2 Å². The maximum atomic E-state index is 12.5. The predicted molar refractivity (Wildman–Crippen MR) is 90.2 cm³/mol. The van der Waals surface area contributed by atoms with Crippen LogP contribution < -0.4 is 0 Å². The van der Waals surface area contributed by atoms with Gasteiger partial charge in [0.2, 0.25) is 0 Å². The highest BCUT2D eigenvalue weighted by Crippen LogP contribution is 2.39. The molecule has 8 heteroatoms. The highest BCUT2D eigenvalue weighted by Gasteiger charge is 2.53. The number of amides is 1. The fraction of sp³-hybridized carbons (Fsp3) is 0.778. The summed E-state index contributed by atoms with van der Waals surface area (Å²) < 4.78 is 15.4. The average Bonchev–Trinajstić information content (AvgIpc) is 2.81. The number of carbonyl (C=O) groups is 4. The molecule has 146 valence electrons. The van der Waals surface area contributed by atoms with E-state index in [1.165, 1.54) is 11.8 Å². The van der Waals surface area contributed by atoms with Gasteiger partial charge in [0.1, 0.15) is 11.5 Å². The molecule has 0 aliphatic carbocycles. The Bertz CT molecular complexity index is 595. The van der Waals surface area contributed by atoms with Gasteiger partial charge in [0, 0.05) is 12.5 Å². The molecule has 2 rings (SSSR count). The molecule has 0 spiro atoms. The third-order valence-corrected chi connectivity index (χ3v) is 4.48. The van der Waals surface area contributed by atoms with Crippen LogP contribution in [0.5, 0.6) is 0 Å². The lowest BCUT2D eigenvalue weighted by atomic mass is 9.89. The van der Waals surface area contributed by atoms with Gasteiger partial charge in [0.15, 0.2) is 11.9 Å². The van der Waals surface area contributed by atoms with Gasteiger partial charge in [-0.1, -0.05) is 0 Å². The molecule has 0 aromatic heterocycles. The summed E-state index contributed by atoms with van der Waals surface area (Å²) >= 11 is 0. The van der Waals surface area contributed by atoms with Crippen molar-refractivity contribution in [3.05, 3.63) is 0 Å². The molecular formula is C18H27NO7. The fourth-order valence-corrected chi connectivity index (χ4v) is 3.46. The quantitative estimate of drug-likeness (QED) is 0.423. The summed E-state index contributed by atoms with van der Waals surface area (Å²) in [6.07, 6.45) is -0.405. The third-order valence-electron chi connectivity index (χ3n) is 4.48. The number of Topliss-reactive ketones (excluding diaryl/α,β-unsaturated/α-hetero) is 1. The zero-order chi connectivity index (χ0) is 19.6. The number of carbonyl (C=O) groups excluding carboxylic acids is 4. The first kappa shape index (κ1) is 20.2. The monoisotopic (exact) mass is 369 g/mol. The van der Waals surface area contributed by atoms with Gasteiger partial charge in [-0.25, -0.2) is 9.59 Å². The van der Waals surface area contributed by atoms with Gasteiger partial charge < -0.3 is 19.1 Å². The summed E-state index contributed by atoms with van der Waals surface area (Å²) in [5.41, 5.74) is -0.674. The van der Waals surface area contributed by atoms with Crippen LogP contribution in [0.25, 0.3) is 0 Å². The summed E-state index contributed by atoms with van der Waals surface area (Å²) in [4.78, 5) is 50.7. The van der Waals surface area contributed by atoms with Crippen LogP contribution in [0.1, 0.15) is 53.9 Å². The smallest absolute Gasteiger partial charge is 0.410 e. The first-order valence-electron chi connectivity index (χ1n) is 8.96. The van der Waals surface area contributed by atoms with Crippen LogP contribution >= 0.6 is 0 Å². The molecule has 2 heterocycles. The van der Waals surface area contributed by atoms with E-state index in [1.807, 2.05) is 0 Å². The van der Waals surface area contributed by atoms with E-state index in [0.29, 0.717) is 12.8 Å². The number of nitrogens with zero attached hydrogens (tertiary/aromatic N) is 1. The second-order valence-electron chi connectivity index (χ2n) is 7.67. The molecule has 4 atom stereocenters. The van der Waals surface area contributed by atoms with Crippen molar-refractivity contribution in [1.82, 2.24) is 4.90 Å². The molecule has 0 N–H and O–H groups in total. The van der Waals surface area contributed by atoms with Gasteiger partial charge in [-0.3, -0.25) is 9.59 Å². The summed E-state index contributed by atoms with van der Waals surface area (Å²) in [5.74, 6) is -2.83. The Morgan fingerprint density at radius 2 is 1.88 bits per heavy atom. The lowest BCUT2D eigenvalue weighted by Crippen LogP contribution is -2.55. The van der Waals surface area contributed by atoms with E-state index in [2.05, 4.69) is 0 Å². The Hall–Kier alpha value is -2.12. The van der Waals surface area contributed by atoms with Crippen molar-refractivity contribution in [1.29, 1.82) is 0 Å². The van der Waals surface area contributed by atoms with E-state index in [0.717, 1.165) is 0 Å². The van der Waals surface area contributed by atoms with Crippen molar-refractivity contribution in [3.8, 4) is 0 Å². The van der Waals surface area contributed by atoms with Gasteiger partial charge in [0.25, 0.3) is 0 Å². The normalized spacial score (nSPS) is 26.3. The lowest BCUT2D eigenvalue weighted by Gasteiger charge is -2.38. The molecule has 2 aliphatic heterocycles. The van der Waals surface area contributed by atoms with Gasteiger partial charge in [0.05, 0.1) is 12.6 Å². The minimum Gasteiger partial charge on any atom is -0.463 e. The number of esters is 2. The van der Waals surface area contributed by atoms with Gasteiger partial charge in [-0.2, -0.15) is 0 Å². The van der Waals surface area contributed by atoms with Crippen LogP contribution in [0.2, 0.25) is 0 Å². The highest BCUT2D eigenvalue weighted by molar-refractivity contribution is 6.02. The SMILES string of the molecule is CCOC(=O)[C@H](C)OC(=O)C1C(=O)C[C@@H]2CC[C@H]1N2C(=O)OC(C)(C)C. The molecule has 1 amide bonds. The highest BCUT2D eigenvalue weighted by atomic mass is 16.6. The first-order chi connectivity index (χ1) is 12.0. The second-order valence-corrected chi connectivity index (χ2v) is 7.67. The second kappa shape index (κ2) is 7.63. The maximum absolute atomic E-state index is 12.5. The number of ketones is 1. The molecule has 2 aliphatic rings. The zero-order valence-corrected chi connectivity index (χ0v) is 15.9. The summed E-state index contributed by atoms with van der Waals surface area (Å²) in [6, 6.07) is -0.855. The fourth-order valence-electron chi connectivity index (χ4n) is 3.46. The van der Waals surface area contributed by atoms with Crippen molar-refractivity contribution in [2.24, 2.45) is 5.92 Å².